The third kappa shape index (κ3) is 6.07. The van der Waals surface area contributed by atoms with Crippen molar-refractivity contribution in [2.45, 2.75) is 32.1 Å². The smallest absolute Gasteiger partial charge is 0.243 e. The van der Waals surface area contributed by atoms with Gasteiger partial charge in [0.05, 0.1) is 13.2 Å². The number of likely N-dealkylation sites (N-methyl/N-ethyl adjacent to an activating group) is 1. The Hall–Kier alpha value is -1.34. The van der Waals surface area contributed by atoms with Gasteiger partial charge in [0.1, 0.15) is 6.54 Å². The van der Waals surface area contributed by atoms with Crippen molar-refractivity contribution in [3.63, 3.8) is 0 Å². The fraction of sp³-hybridized carbons (Fsp3) is 0.900. The number of aliphatic imine (C=N–C) groups is 1. The van der Waals surface area contributed by atoms with E-state index in [1.54, 1.807) is 19.0 Å². The van der Waals surface area contributed by atoms with Crippen LogP contribution in [0.3, 0.4) is 0 Å². The minimum atomic E-state index is 0.0548. The minimum Gasteiger partial charge on any atom is -0.379 e. The first-order valence-electron chi connectivity index (χ1n) is 10.7. The maximum absolute atomic E-state index is 12.0. The molecule has 27 heavy (non-hydrogen) atoms. The Morgan fingerprint density at radius 2 is 1.81 bits per heavy atom. The van der Waals surface area contributed by atoms with Crippen LogP contribution < -0.4 is 5.32 Å². The lowest BCUT2D eigenvalue weighted by molar-refractivity contribution is -0.127. The number of fused-ring (bicyclic) bond motifs is 1. The van der Waals surface area contributed by atoms with E-state index < -0.39 is 0 Å². The first-order chi connectivity index (χ1) is 13.1. The average Bonchev–Trinajstić information content (AvgIpc) is 3.11. The largest absolute Gasteiger partial charge is 0.379 e. The van der Waals surface area contributed by atoms with Gasteiger partial charge in [-0.1, -0.05) is 12.8 Å². The average molecular weight is 380 g/mol. The highest BCUT2D eigenvalue weighted by Crippen LogP contribution is 2.35. The van der Waals surface area contributed by atoms with Gasteiger partial charge in [0, 0.05) is 46.8 Å². The van der Waals surface area contributed by atoms with Crippen LogP contribution in [-0.4, -0.2) is 99.7 Å². The molecule has 7 nitrogen and oxygen atoms in total. The van der Waals surface area contributed by atoms with Gasteiger partial charge in [-0.25, -0.2) is 4.99 Å². The minimum absolute atomic E-state index is 0.0548. The quantitative estimate of drug-likeness (QED) is 0.421. The van der Waals surface area contributed by atoms with Crippen LogP contribution in [0.1, 0.15) is 32.1 Å². The summed E-state index contributed by atoms with van der Waals surface area (Å²) in [6.45, 7) is 8.18. The van der Waals surface area contributed by atoms with Crippen molar-refractivity contribution in [1.29, 1.82) is 0 Å². The monoisotopic (exact) mass is 379 g/mol. The fourth-order valence-electron chi connectivity index (χ4n) is 4.46. The summed E-state index contributed by atoms with van der Waals surface area (Å²) in [5, 5.41) is 3.55. The zero-order valence-corrected chi connectivity index (χ0v) is 17.2. The Balaban J connectivity index is 1.51. The molecule has 2 aliphatic heterocycles. The molecule has 154 valence electrons. The third-order valence-corrected chi connectivity index (χ3v) is 6.18. The molecule has 2 saturated heterocycles. The van der Waals surface area contributed by atoms with E-state index in [2.05, 4.69) is 20.1 Å². The molecule has 1 aliphatic carbocycles. The summed E-state index contributed by atoms with van der Waals surface area (Å²) in [7, 11) is 3.58. The molecule has 7 heteroatoms. The van der Waals surface area contributed by atoms with Crippen LogP contribution in [0.15, 0.2) is 4.99 Å². The lowest BCUT2D eigenvalue weighted by Crippen LogP contribution is -2.43. The highest BCUT2D eigenvalue weighted by molar-refractivity contribution is 5.85. The van der Waals surface area contributed by atoms with Gasteiger partial charge in [-0.3, -0.25) is 9.69 Å². The van der Waals surface area contributed by atoms with Gasteiger partial charge >= 0.3 is 0 Å². The molecule has 2 atom stereocenters. The summed E-state index contributed by atoms with van der Waals surface area (Å²) in [5.74, 6) is 2.60. The van der Waals surface area contributed by atoms with Crippen LogP contribution in [-0.2, 0) is 9.53 Å². The van der Waals surface area contributed by atoms with E-state index in [4.69, 9.17) is 4.74 Å². The second kappa shape index (κ2) is 10.3. The Morgan fingerprint density at radius 3 is 2.44 bits per heavy atom. The fourth-order valence-corrected chi connectivity index (χ4v) is 4.46. The van der Waals surface area contributed by atoms with Gasteiger partial charge in [0.2, 0.25) is 5.91 Å². The van der Waals surface area contributed by atoms with Crippen molar-refractivity contribution in [3.05, 3.63) is 0 Å². The summed E-state index contributed by atoms with van der Waals surface area (Å²) < 4.78 is 5.41. The first kappa shape index (κ1) is 20.4. The van der Waals surface area contributed by atoms with Crippen LogP contribution in [0.5, 0.6) is 0 Å². The summed E-state index contributed by atoms with van der Waals surface area (Å²) in [6, 6.07) is 0. The molecule has 0 radical (unpaired) electrons. The first-order valence-corrected chi connectivity index (χ1v) is 10.7. The van der Waals surface area contributed by atoms with Gasteiger partial charge in [0.15, 0.2) is 5.96 Å². The standard InChI is InChI=1S/C20H37N5O2/c1-23(2)19(26)14-22-20(21-8-5-9-24-10-12-27-13-11-24)25-15-17-6-3-4-7-18(17)16-25/h17-18H,3-16H2,1-2H3,(H,21,22). The number of hydrogen-bond acceptors (Lipinski definition) is 4. The lowest BCUT2D eigenvalue weighted by Gasteiger charge is -2.27. The number of amides is 1. The van der Waals surface area contributed by atoms with Crippen molar-refractivity contribution in [2.75, 3.05) is 73.1 Å². The maximum Gasteiger partial charge on any atom is 0.243 e. The second-order valence-corrected chi connectivity index (χ2v) is 8.37. The van der Waals surface area contributed by atoms with E-state index in [0.29, 0.717) is 0 Å². The van der Waals surface area contributed by atoms with Gasteiger partial charge in [0.25, 0.3) is 0 Å². The zero-order chi connectivity index (χ0) is 19.1. The number of likely N-dealkylation sites (tertiary alicyclic amines) is 1. The van der Waals surface area contributed by atoms with Crippen molar-refractivity contribution < 1.29 is 9.53 Å². The number of ether oxygens (including phenoxy) is 1. The molecule has 1 amide bonds. The molecule has 1 N–H and O–H groups in total. The van der Waals surface area contributed by atoms with Gasteiger partial charge in [-0.15, -0.1) is 0 Å². The van der Waals surface area contributed by atoms with Crippen molar-refractivity contribution in [3.8, 4) is 0 Å². The molecular formula is C20H37N5O2. The molecule has 0 aromatic carbocycles. The van der Waals surface area contributed by atoms with E-state index >= 15 is 0 Å². The molecule has 2 unspecified atom stereocenters. The van der Waals surface area contributed by atoms with E-state index in [1.165, 1.54) is 25.7 Å². The molecule has 0 aromatic rings. The molecule has 3 aliphatic rings. The number of hydrogen-bond donors (Lipinski definition) is 1. The Labute approximate surface area is 164 Å². The molecule has 2 heterocycles. The van der Waals surface area contributed by atoms with E-state index in [1.807, 2.05) is 0 Å². The van der Waals surface area contributed by atoms with Crippen LogP contribution in [0.4, 0.5) is 0 Å². The predicted octanol–water partition coefficient (Wildman–Crippen LogP) is 0.865. The van der Waals surface area contributed by atoms with Gasteiger partial charge in [-0.05, 0) is 37.6 Å². The molecular weight excluding hydrogens is 342 g/mol. The van der Waals surface area contributed by atoms with Gasteiger partial charge < -0.3 is 19.9 Å². The molecule has 0 bridgehead atoms. The number of morpholine rings is 1. The number of nitrogens with zero attached hydrogens (tertiary/aromatic N) is 4. The van der Waals surface area contributed by atoms with Crippen molar-refractivity contribution in [2.24, 2.45) is 16.8 Å². The number of carbonyl (C=O) groups excluding carboxylic acids is 1. The number of nitrogens with one attached hydrogen (secondary N) is 1. The Morgan fingerprint density at radius 1 is 1.15 bits per heavy atom. The maximum atomic E-state index is 12.0. The molecule has 3 fully saturated rings. The predicted molar refractivity (Wildman–Crippen MR) is 108 cm³/mol. The number of carbonyl (C=O) groups is 1. The third-order valence-electron chi connectivity index (χ3n) is 6.18. The summed E-state index contributed by atoms with van der Waals surface area (Å²) in [6.07, 6.45) is 6.52. The molecule has 0 spiro atoms. The highest BCUT2D eigenvalue weighted by Gasteiger charge is 2.35. The van der Waals surface area contributed by atoms with E-state index in [-0.39, 0.29) is 12.5 Å². The molecule has 1 saturated carbocycles. The van der Waals surface area contributed by atoms with Crippen LogP contribution >= 0.6 is 0 Å². The molecule has 0 aromatic heterocycles. The zero-order valence-electron chi connectivity index (χ0n) is 17.2. The SMILES string of the molecule is CN(C)C(=O)CN=C(NCCCN1CCOCC1)N1CC2CCCCC2C1. The van der Waals surface area contributed by atoms with Crippen LogP contribution in [0.25, 0.3) is 0 Å². The normalized spacial score (nSPS) is 26.7. The van der Waals surface area contributed by atoms with Crippen molar-refractivity contribution in [1.82, 2.24) is 20.0 Å². The topological polar surface area (TPSA) is 60.4 Å². The Bertz CT molecular complexity index is 491. The molecule has 3 rings (SSSR count). The number of rotatable bonds is 6. The summed E-state index contributed by atoms with van der Waals surface area (Å²) in [4.78, 5) is 23.2. The van der Waals surface area contributed by atoms with Crippen LogP contribution in [0, 0.1) is 11.8 Å². The summed E-state index contributed by atoms with van der Waals surface area (Å²) in [5.41, 5.74) is 0. The van der Waals surface area contributed by atoms with Crippen molar-refractivity contribution >= 4 is 11.9 Å². The van der Waals surface area contributed by atoms with E-state index in [0.717, 1.165) is 76.7 Å². The Kier molecular flexibility index (Phi) is 7.76. The highest BCUT2D eigenvalue weighted by atomic mass is 16.5. The summed E-state index contributed by atoms with van der Waals surface area (Å²) >= 11 is 0. The van der Waals surface area contributed by atoms with Crippen LogP contribution in [0.2, 0.25) is 0 Å². The van der Waals surface area contributed by atoms with E-state index in [9.17, 15) is 4.79 Å². The second-order valence-electron chi connectivity index (χ2n) is 8.37. The van der Waals surface area contributed by atoms with Gasteiger partial charge in [-0.2, -0.15) is 0 Å². The lowest BCUT2D eigenvalue weighted by atomic mass is 9.82. The number of guanidine groups is 1.